The van der Waals surface area contributed by atoms with Crippen molar-refractivity contribution in [3.63, 3.8) is 0 Å². The molecule has 0 spiro atoms. The van der Waals surface area contributed by atoms with Crippen molar-refractivity contribution in [1.82, 2.24) is 4.98 Å². The van der Waals surface area contributed by atoms with Crippen molar-refractivity contribution in [2.24, 2.45) is 5.73 Å². The monoisotopic (exact) mass is 292 g/mol. The zero-order chi connectivity index (χ0) is 13.9. The molecule has 2 aromatic rings. The molecule has 1 aromatic carbocycles. The van der Waals surface area contributed by atoms with Crippen LogP contribution in [0.4, 0.5) is 0 Å². The van der Waals surface area contributed by atoms with Gasteiger partial charge in [-0.1, -0.05) is 0 Å². The van der Waals surface area contributed by atoms with Crippen LogP contribution in [0.2, 0.25) is 0 Å². The number of nitrogens with two attached hydrogens (primary N) is 1. The van der Waals surface area contributed by atoms with Gasteiger partial charge in [-0.3, -0.25) is 4.98 Å². The van der Waals surface area contributed by atoms with Crippen LogP contribution in [0, 0.1) is 0 Å². The average Bonchev–Trinajstić information content (AvgIpc) is 3.05. The van der Waals surface area contributed by atoms with Crippen LogP contribution >= 0.6 is 11.3 Å². The van der Waals surface area contributed by atoms with Gasteiger partial charge in [0.2, 0.25) is 6.79 Å². The molecule has 6 heteroatoms. The maximum Gasteiger partial charge on any atom is 0.231 e. The lowest BCUT2D eigenvalue weighted by atomic mass is 10.1. The predicted molar refractivity (Wildman–Crippen MR) is 76.4 cm³/mol. The molecule has 0 bridgehead atoms. The van der Waals surface area contributed by atoms with Gasteiger partial charge in [0.05, 0.1) is 10.4 Å². The molecular weight excluding hydrogens is 276 g/mol. The van der Waals surface area contributed by atoms with Crippen LogP contribution in [0.3, 0.4) is 0 Å². The predicted octanol–water partition coefficient (Wildman–Crippen LogP) is 2.34. The van der Waals surface area contributed by atoms with E-state index in [1.165, 1.54) is 0 Å². The number of nitrogens with zero attached hydrogens (tertiary/aromatic N) is 1. The summed E-state index contributed by atoms with van der Waals surface area (Å²) in [7, 11) is 0. The van der Waals surface area contributed by atoms with Crippen molar-refractivity contribution in [3.05, 3.63) is 34.3 Å². The number of rotatable bonds is 5. The van der Waals surface area contributed by atoms with Gasteiger partial charge >= 0.3 is 0 Å². The number of hydrogen-bond acceptors (Lipinski definition) is 6. The van der Waals surface area contributed by atoms with Crippen LogP contribution in [0.15, 0.2) is 23.8 Å². The average molecular weight is 292 g/mol. The van der Waals surface area contributed by atoms with E-state index in [4.69, 9.17) is 19.9 Å². The molecule has 20 heavy (non-hydrogen) atoms. The van der Waals surface area contributed by atoms with Gasteiger partial charge in [0.15, 0.2) is 11.5 Å². The third-order valence-electron chi connectivity index (χ3n) is 2.95. The lowest BCUT2D eigenvalue weighted by molar-refractivity contribution is 0.173. The zero-order valence-electron chi connectivity index (χ0n) is 11.2. The zero-order valence-corrected chi connectivity index (χ0v) is 12.0. The highest BCUT2D eigenvalue weighted by Gasteiger charge is 2.18. The van der Waals surface area contributed by atoms with E-state index in [2.05, 4.69) is 4.98 Å². The molecule has 0 radical (unpaired) electrons. The smallest absolute Gasteiger partial charge is 0.231 e. The Morgan fingerprint density at radius 3 is 2.90 bits per heavy atom. The summed E-state index contributed by atoms with van der Waals surface area (Å²) < 4.78 is 16.7. The molecule has 1 aliphatic rings. The first kappa shape index (κ1) is 13.2. The SMILES string of the molecule is CC(N)Cc1cc2c(cc1OCc1cncs1)OCO2. The summed E-state index contributed by atoms with van der Waals surface area (Å²) in [4.78, 5) is 5.12. The van der Waals surface area contributed by atoms with Crippen molar-refractivity contribution < 1.29 is 14.2 Å². The molecule has 2 heterocycles. The molecule has 0 fully saturated rings. The van der Waals surface area contributed by atoms with Gasteiger partial charge in [0.25, 0.3) is 0 Å². The lowest BCUT2D eigenvalue weighted by Crippen LogP contribution is -2.18. The van der Waals surface area contributed by atoms with Crippen LogP contribution in [0.5, 0.6) is 17.2 Å². The summed E-state index contributed by atoms with van der Waals surface area (Å²) >= 11 is 1.57. The van der Waals surface area contributed by atoms with E-state index in [0.717, 1.165) is 34.1 Å². The van der Waals surface area contributed by atoms with Gasteiger partial charge in [-0.05, 0) is 25.0 Å². The van der Waals surface area contributed by atoms with Gasteiger partial charge in [0, 0.05) is 18.3 Å². The van der Waals surface area contributed by atoms with E-state index < -0.39 is 0 Å². The number of aromatic nitrogens is 1. The minimum atomic E-state index is 0.0566. The summed E-state index contributed by atoms with van der Waals surface area (Å²) in [5.74, 6) is 2.27. The molecule has 2 N–H and O–H groups in total. The first-order valence-electron chi connectivity index (χ1n) is 6.40. The van der Waals surface area contributed by atoms with Gasteiger partial charge < -0.3 is 19.9 Å². The Labute approximate surface area is 121 Å². The Bertz CT molecular complexity index is 584. The Balaban J connectivity index is 1.83. The molecule has 3 rings (SSSR count). The second kappa shape index (κ2) is 5.68. The van der Waals surface area contributed by atoms with Crippen LogP contribution in [-0.2, 0) is 13.0 Å². The number of hydrogen-bond donors (Lipinski definition) is 1. The van der Waals surface area contributed by atoms with Gasteiger partial charge in [-0.25, -0.2) is 0 Å². The van der Waals surface area contributed by atoms with Crippen LogP contribution < -0.4 is 19.9 Å². The van der Waals surface area contributed by atoms with Crippen molar-refractivity contribution in [2.75, 3.05) is 6.79 Å². The Kier molecular flexibility index (Phi) is 3.75. The number of fused-ring (bicyclic) bond motifs is 1. The van der Waals surface area contributed by atoms with Gasteiger partial charge in [-0.2, -0.15) is 0 Å². The summed E-state index contributed by atoms with van der Waals surface area (Å²) in [6.45, 7) is 2.72. The highest BCUT2D eigenvalue weighted by Crippen LogP contribution is 2.38. The second-order valence-corrected chi connectivity index (χ2v) is 5.72. The normalized spacial score (nSPS) is 14.3. The molecule has 1 aromatic heterocycles. The fourth-order valence-corrected chi connectivity index (χ4v) is 2.57. The van der Waals surface area contributed by atoms with Crippen LogP contribution in [0.25, 0.3) is 0 Å². The Hall–Kier alpha value is -1.79. The van der Waals surface area contributed by atoms with Crippen molar-refractivity contribution in [1.29, 1.82) is 0 Å². The van der Waals surface area contributed by atoms with Gasteiger partial charge in [-0.15, -0.1) is 11.3 Å². The molecule has 0 saturated heterocycles. The van der Waals surface area contributed by atoms with E-state index in [0.29, 0.717) is 6.61 Å². The molecular formula is C14H16N2O3S. The van der Waals surface area contributed by atoms with Crippen molar-refractivity contribution in [3.8, 4) is 17.2 Å². The van der Waals surface area contributed by atoms with E-state index in [1.807, 2.05) is 25.3 Å². The van der Waals surface area contributed by atoms with E-state index in [9.17, 15) is 0 Å². The number of benzene rings is 1. The highest BCUT2D eigenvalue weighted by atomic mass is 32.1. The van der Waals surface area contributed by atoms with Crippen molar-refractivity contribution in [2.45, 2.75) is 26.0 Å². The number of ether oxygens (including phenoxy) is 3. The number of thiazole rings is 1. The fourth-order valence-electron chi connectivity index (χ4n) is 2.07. The molecule has 0 aliphatic carbocycles. The van der Waals surface area contributed by atoms with E-state index >= 15 is 0 Å². The third-order valence-corrected chi connectivity index (χ3v) is 3.70. The maximum atomic E-state index is 5.89. The van der Waals surface area contributed by atoms with Crippen molar-refractivity contribution >= 4 is 11.3 Å². The Morgan fingerprint density at radius 2 is 2.20 bits per heavy atom. The summed E-state index contributed by atoms with van der Waals surface area (Å²) in [5.41, 5.74) is 8.72. The molecule has 0 amide bonds. The maximum absolute atomic E-state index is 5.89. The second-order valence-electron chi connectivity index (χ2n) is 4.75. The Morgan fingerprint density at radius 1 is 1.40 bits per heavy atom. The lowest BCUT2D eigenvalue weighted by Gasteiger charge is -2.13. The first-order valence-corrected chi connectivity index (χ1v) is 7.28. The topological polar surface area (TPSA) is 66.6 Å². The quantitative estimate of drug-likeness (QED) is 0.916. The largest absolute Gasteiger partial charge is 0.488 e. The highest BCUT2D eigenvalue weighted by molar-refractivity contribution is 7.09. The molecule has 0 saturated carbocycles. The molecule has 1 aliphatic heterocycles. The fraction of sp³-hybridized carbons (Fsp3) is 0.357. The van der Waals surface area contributed by atoms with Crippen LogP contribution in [0.1, 0.15) is 17.4 Å². The minimum absolute atomic E-state index is 0.0566. The van der Waals surface area contributed by atoms with E-state index in [1.54, 1.807) is 16.8 Å². The first-order chi connectivity index (χ1) is 9.72. The molecule has 106 valence electrons. The summed E-state index contributed by atoms with van der Waals surface area (Å²) in [5, 5.41) is 0. The van der Waals surface area contributed by atoms with Crippen LogP contribution in [-0.4, -0.2) is 17.8 Å². The third kappa shape index (κ3) is 2.86. The van der Waals surface area contributed by atoms with E-state index in [-0.39, 0.29) is 12.8 Å². The molecule has 5 nitrogen and oxygen atoms in total. The standard InChI is InChI=1S/C14H16N2O3S/c1-9(15)2-10-3-13-14(19-8-18-13)4-12(10)17-6-11-5-16-7-20-11/h3-5,7,9H,2,6,8,15H2,1H3. The molecule has 1 unspecified atom stereocenters. The molecule has 1 atom stereocenters. The minimum Gasteiger partial charge on any atom is -0.488 e. The van der Waals surface area contributed by atoms with Gasteiger partial charge in [0.1, 0.15) is 12.4 Å². The summed E-state index contributed by atoms with van der Waals surface area (Å²) in [6.07, 6.45) is 2.54. The summed E-state index contributed by atoms with van der Waals surface area (Å²) in [6, 6.07) is 3.88.